The van der Waals surface area contributed by atoms with Crippen molar-refractivity contribution in [1.82, 2.24) is 9.55 Å². The lowest BCUT2D eigenvalue weighted by Gasteiger charge is -2.05. The van der Waals surface area contributed by atoms with Gasteiger partial charge in [-0.25, -0.2) is 4.98 Å². The van der Waals surface area contributed by atoms with E-state index in [1.165, 1.54) is 17.1 Å². The number of rotatable bonds is 5. The van der Waals surface area contributed by atoms with Gasteiger partial charge in [0.2, 0.25) is 0 Å². The van der Waals surface area contributed by atoms with Gasteiger partial charge >= 0.3 is 0 Å². The van der Waals surface area contributed by atoms with Crippen molar-refractivity contribution >= 4 is 23.1 Å². The lowest BCUT2D eigenvalue weighted by molar-refractivity contribution is 0.692. The predicted octanol–water partition coefficient (Wildman–Crippen LogP) is 3.36. The van der Waals surface area contributed by atoms with Crippen molar-refractivity contribution in [1.29, 1.82) is 0 Å². The van der Waals surface area contributed by atoms with Gasteiger partial charge in [-0.1, -0.05) is 6.07 Å². The van der Waals surface area contributed by atoms with Crippen LogP contribution in [0.1, 0.15) is 6.42 Å². The summed E-state index contributed by atoms with van der Waals surface area (Å²) in [6.45, 7) is 1.06. The maximum atomic E-state index is 4.40. The monoisotopic (exact) mass is 238 g/mol. The number of hydrogen-bond acceptors (Lipinski definition) is 3. The van der Waals surface area contributed by atoms with Crippen molar-refractivity contribution in [2.75, 3.05) is 12.0 Å². The Balaban J connectivity index is 2.09. The van der Waals surface area contributed by atoms with Crippen molar-refractivity contribution < 1.29 is 0 Å². The summed E-state index contributed by atoms with van der Waals surface area (Å²) in [5.41, 5.74) is 0. The molecule has 15 heavy (non-hydrogen) atoms. The predicted molar refractivity (Wildman–Crippen MR) is 68.5 cm³/mol. The summed E-state index contributed by atoms with van der Waals surface area (Å²) in [6, 6.07) is 4.19. The fourth-order valence-electron chi connectivity index (χ4n) is 1.50. The van der Waals surface area contributed by atoms with Crippen LogP contribution < -0.4 is 0 Å². The average molecular weight is 238 g/mol. The van der Waals surface area contributed by atoms with Gasteiger partial charge in [-0.3, -0.25) is 0 Å². The Morgan fingerprint density at radius 3 is 3.20 bits per heavy atom. The van der Waals surface area contributed by atoms with Gasteiger partial charge in [-0.05, 0) is 29.9 Å². The Labute approximate surface area is 98.4 Å². The summed E-state index contributed by atoms with van der Waals surface area (Å²) in [7, 11) is 0. The van der Waals surface area contributed by atoms with Crippen molar-refractivity contribution in [2.45, 2.75) is 13.0 Å². The summed E-state index contributed by atoms with van der Waals surface area (Å²) < 4.78 is 2.24. The number of thioether (sulfide) groups is 1. The summed E-state index contributed by atoms with van der Waals surface area (Å²) >= 11 is 3.64. The van der Waals surface area contributed by atoms with Crippen LogP contribution in [-0.4, -0.2) is 21.6 Å². The number of thiophene rings is 1. The molecule has 2 rings (SSSR count). The van der Waals surface area contributed by atoms with Gasteiger partial charge in [-0.15, -0.1) is 11.3 Å². The first-order valence-corrected chi connectivity index (χ1v) is 7.23. The van der Waals surface area contributed by atoms with Crippen LogP contribution in [0.25, 0.3) is 10.7 Å². The van der Waals surface area contributed by atoms with Crippen LogP contribution in [0.4, 0.5) is 0 Å². The van der Waals surface area contributed by atoms with Gasteiger partial charge in [0.05, 0.1) is 4.88 Å². The second kappa shape index (κ2) is 5.37. The van der Waals surface area contributed by atoms with Crippen LogP contribution in [0.5, 0.6) is 0 Å². The minimum absolute atomic E-state index is 1.06. The first-order valence-electron chi connectivity index (χ1n) is 4.96. The van der Waals surface area contributed by atoms with Gasteiger partial charge in [0.15, 0.2) is 0 Å². The molecule has 4 heteroatoms. The maximum absolute atomic E-state index is 4.40. The molecule has 80 valence electrons. The van der Waals surface area contributed by atoms with Crippen LogP contribution in [0.15, 0.2) is 29.9 Å². The molecule has 0 saturated carbocycles. The molecule has 0 aliphatic rings. The molecule has 0 spiro atoms. The standard InChI is InChI=1S/C11H14N2S2/c1-14-8-3-6-13-7-5-12-11(13)10-4-2-9-15-10/h2,4-5,7,9H,3,6,8H2,1H3. The highest BCUT2D eigenvalue weighted by atomic mass is 32.2. The van der Waals surface area contributed by atoms with E-state index in [-0.39, 0.29) is 0 Å². The SMILES string of the molecule is CSCCCn1ccnc1-c1cccs1. The zero-order valence-electron chi connectivity index (χ0n) is 8.72. The van der Waals surface area contributed by atoms with E-state index < -0.39 is 0 Å². The molecule has 0 atom stereocenters. The van der Waals surface area contributed by atoms with Gasteiger partial charge in [0.25, 0.3) is 0 Å². The maximum Gasteiger partial charge on any atom is 0.149 e. The van der Waals surface area contributed by atoms with Crippen molar-refractivity contribution in [3.05, 3.63) is 29.9 Å². The molecule has 0 radical (unpaired) electrons. The lowest BCUT2D eigenvalue weighted by Crippen LogP contribution is -1.99. The van der Waals surface area contributed by atoms with E-state index in [0.29, 0.717) is 0 Å². The van der Waals surface area contributed by atoms with E-state index in [2.05, 4.69) is 39.5 Å². The molecule has 2 aromatic rings. The number of aromatic nitrogens is 2. The first kappa shape index (κ1) is 10.8. The molecule has 0 fully saturated rings. The highest BCUT2D eigenvalue weighted by Crippen LogP contribution is 2.22. The number of hydrogen-bond donors (Lipinski definition) is 0. The number of nitrogens with zero attached hydrogens (tertiary/aromatic N) is 2. The largest absolute Gasteiger partial charge is 0.330 e. The molecule has 2 heterocycles. The number of aryl methyl sites for hydroxylation is 1. The minimum Gasteiger partial charge on any atom is -0.330 e. The van der Waals surface area contributed by atoms with Crippen LogP contribution in [0.3, 0.4) is 0 Å². The van der Waals surface area contributed by atoms with E-state index in [1.54, 1.807) is 11.3 Å². The highest BCUT2D eigenvalue weighted by molar-refractivity contribution is 7.98. The third kappa shape index (κ3) is 2.63. The van der Waals surface area contributed by atoms with E-state index in [0.717, 1.165) is 12.4 Å². The molecule has 0 bridgehead atoms. The van der Waals surface area contributed by atoms with Gasteiger partial charge < -0.3 is 4.57 Å². The van der Waals surface area contributed by atoms with Crippen LogP contribution in [-0.2, 0) is 6.54 Å². The fourth-order valence-corrected chi connectivity index (χ4v) is 2.65. The van der Waals surface area contributed by atoms with Gasteiger partial charge in [-0.2, -0.15) is 11.8 Å². The molecule has 0 amide bonds. The highest BCUT2D eigenvalue weighted by Gasteiger charge is 2.05. The molecule has 0 N–H and O–H groups in total. The normalized spacial score (nSPS) is 10.7. The van der Waals surface area contributed by atoms with Crippen LogP contribution >= 0.6 is 23.1 Å². The molecule has 0 aromatic carbocycles. The van der Waals surface area contributed by atoms with E-state index >= 15 is 0 Å². The van der Waals surface area contributed by atoms with Crippen molar-refractivity contribution in [3.63, 3.8) is 0 Å². The van der Waals surface area contributed by atoms with Gasteiger partial charge in [0, 0.05) is 18.9 Å². The van der Waals surface area contributed by atoms with Crippen LogP contribution in [0, 0.1) is 0 Å². The average Bonchev–Trinajstić information content (AvgIpc) is 2.87. The Hall–Kier alpha value is -0.740. The molecule has 0 unspecified atom stereocenters. The molecule has 0 aliphatic heterocycles. The smallest absolute Gasteiger partial charge is 0.149 e. The molecule has 2 aromatic heterocycles. The molecule has 0 aliphatic carbocycles. The molecule has 2 nitrogen and oxygen atoms in total. The number of imidazole rings is 1. The summed E-state index contributed by atoms with van der Waals surface area (Å²) in [5, 5.41) is 2.09. The van der Waals surface area contributed by atoms with Crippen LogP contribution in [0.2, 0.25) is 0 Å². The Bertz CT molecular complexity index is 392. The lowest BCUT2D eigenvalue weighted by atomic mass is 10.4. The topological polar surface area (TPSA) is 17.8 Å². The molecular formula is C11H14N2S2. The van der Waals surface area contributed by atoms with Crippen molar-refractivity contribution in [3.8, 4) is 10.7 Å². The third-order valence-corrected chi connectivity index (χ3v) is 3.77. The van der Waals surface area contributed by atoms with Crippen molar-refractivity contribution in [2.24, 2.45) is 0 Å². The summed E-state index contributed by atoms with van der Waals surface area (Å²) in [4.78, 5) is 5.66. The van der Waals surface area contributed by atoms with E-state index in [1.807, 2.05) is 18.0 Å². The Kier molecular flexibility index (Phi) is 3.86. The quantitative estimate of drug-likeness (QED) is 0.743. The molecule has 0 saturated heterocycles. The minimum atomic E-state index is 1.06. The Morgan fingerprint density at radius 1 is 1.53 bits per heavy atom. The zero-order chi connectivity index (χ0) is 10.5. The second-order valence-electron chi connectivity index (χ2n) is 3.27. The van der Waals surface area contributed by atoms with E-state index in [4.69, 9.17) is 0 Å². The third-order valence-electron chi connectivity index (χ3n) is 2.20. The summed E-state index contributed by atoms with van der Waals surface area (Å²) in [5.74, 6) is 2.31. The first-order chi connectivity index (χ1) is 7.42. The zero-order valence-corrected chi connectivity index (χ0v) is 10.4. The van der Waals surface area contributed by atoms with Gasteiger partial charge in [0.1, 0.15) is 5.82 Å². The van der Waals surface area contributed by atoms with E-state index in [9.17, 15) is 0 Å². The molecular weight excluding hydrogens is 224 g/mol. The summed E-state index contributed by atoms with van der Waals surface area (Å²) in [6.07, 6.45) is 7.30. The Morgan fingerprint density at radius 2 is 2.47 bits per heavy atom. The fraction of sp³-hybridized carbons (Fsp3) is 0.364. The second-order valence-corrected chi connectivity index (χ2v) is 5.20.